The van der Waals surface area contributed by atoms with E-state index in [9.17, 15) is 4.79 Å². The highest BCUT2D eigenvalue weighted by Gasteiger charge is 2.20. The topological polar surface area (TPSA) is 35.6 Å². The predicted molar refractivity (Wildman–Crippen MR) is 101 cm³/mol. The average molecular weight is 337 g/mol. The largest absolute Gasteiger partial charge is 0.339 e. The Bertz CT molecular complexity index is 661. The summed E-state index contributed by atoms with van der Waals surface area (Å²) in [6.45, 7) is 7.71. The van der Waals surface area contributed by atoms with Crippen molar-refractivity contribution in [1.82, 2.24) is 15.1 Å². The number of hydrogen-bond acceptors (Lipinski definition) is 3. The summed E-state index contributed by atoms with van der Waals surface area (Å²) in [5, 5.41) is 3.26. The first-order valence-electron chi connectivity index (χ1n) is 9.01. The molecule has 1 heterocycles. The molecule has 0 radical (unpaired) electrons. The Balaban J connectivity index is 1.37. The predicted octanol–water partition coefficient (Wildman–Crippen LogP) is 2.43. The second kappa shape index (κ2) is 8.79. The number of nitrogens with one attached hydrogen (secondary N) is 1. The third kappa shape index (κ3) is 5.41. The number of benzene rings is 2. The Hall–Kier alpha value is -2.17. The molecule has 1 N–H and O–H groups in total. The summed E-state index contributed by atoms with van der Waals surface area (Å²) in [6.07, 6.45) is 0. The van der Waals surface area contributed by atoms with Crippen LogP contribution in [-0.4, -0.2) is 48.4 Å². The number of amides is 1. The maximum atomic E-state index is 12.4. The van der Waals surface area contributed by atoms with Gasteiger partial charge in [0, 0.05) is 39.3 Å². The molecule has 1 fully saturated rings. The van der Waals surface area contributed by atoms with Gasteiger partial charge in [0.2, 0.25) is 5.91 Å². The van der Waals surface area contributed by atoms with Gasteiger partial charge >= 0.3 is 0 Å². The molecule has 0 saturated carbocycles. The lowest BCUT2D eigenvalue weighted by Crippen LogP contribution is -2.50. The number of carbonyl (C=O) groups excluding carboxylic acids is 1. The van der Waals surface area contributed by atoms with Crippen LogP contribution in [0.4, 0.5) is 0 Å². The second-order valence-corrected chi connectivity index (χ2v) is 6.73. The fourth-order valence-corrected chi connectivity index (χ4v) is 3.13. The molecule has 25 heavy (non-hydrogen) atoms. The molecular formula is C21H27N3O. The van der Waals surface area contributed by atoms with Crippen LogP contribution in [0.5, 0.6) is 0 Å². The molecule has 2 aromatic carbocycles. The Morgan fingerprint density at radius 2 is 1.60 bits per heavy atom. The highest BCUT2D eigenvalue weighted by Crippen LogP contribution is 2.08. The van der Waals surface area contributed by atoms with Gasteiger partial charge in [-0.15, -0.1) is 0 Å². The fourth-order valence-electron chi connectivity index (χ4n) is 3.13. The van der Waals surface area contributed by atoms with Gasteiger partial charge < -0.3 is 10.2 Å². The molecule has 0 aliphatic carbocycles. The van der Waals surface area contributed by atoms with Crippen molar-refractivity contribution in [2.24, 2.45) is 0 Å². The van der Waals surface area contributed by atoms with E-state index in [4.69, 9.17) is 0 Å². The Morgan fingerprint density at radius 1 is 0.920 bits per heavy atom. The molecule has 1 aliphatic heterocycles. The average Bonchev–Trinajstić information content (AvgIpc) is 2.65. The Labute approximate surface area is 150 Å². The van der Waals surface area contributed by atoms with E-state index in [-0.39, 0.29) is 5.91 Å². The lowest BCUT2D eigenvalue weighted by atomic mass is 10.1. The van der Waals surface area contributed by atoms with E-state index in [1.54, 1.807) is 0 Å². The zero-order valence-corrected chi connectivity index (χ0v) is 14.9. The quantitative estimate of drug-likeness (QED) is 0.879. The fraction of sp³-hybridized carbons (Fsp3) is 0.381. The van der Waals surface area contributed by atoms with E-state index in [0.29, 0.717) is 6.54 Å². The summed E-state index contributed by atoms with van der Waals surface area (Å²) in [7, 11) is 0. The van der Waals surface area contributed by atoms with Crippen LogP contribution in [0.25, 0.3) is 0 Å². The van der Waals surface area contributed by atoms with Gasteiger partial charge in [0.05, 0.1) is 6.54 Å². The van der Waals surface area contributed by atoms with Crippen molar-refractivity contribution in [3.63, 3.8) is 0 Å². The Morgan fingerprint density at radius 3 is 2.28 bits per heavy atom. The molecule has 1 aliphatic rings. The summed E-state index contributed by atoms with van der Waals surface area (Å²) in [4.78, 5) is 16.7. The number of carbonyl (C=O) groups is 1. The van der Waals surface area contributed by atoms with E-state index < -0.39 is 0 Å². The Kier molecular flexibility index (Phi) is 6.20. The minimum atomic E-state index is 0.200. The summed E-state index contributed by atoms with van der Waals surface area (Å²) in [6, 6.07) is 18.9. The van der Waals surface area contributed by atoms with Gasteiger partial charge in [-0.3, -0.25) is 9.69 Å². The molecule has 2 aromatic rings. The van der Waals surface area contributed by atoms with Crippen LogP contribution in [-0.2, 0) is 17.9 Å². The molecule has 1 amide bonds. The van der Waals surface area contributed by atoms with E-state index in [2.05, 4.69) is 65.7 Å². The molecule has 0 atom stereocenters. The lowest BCUT2D eigenvalue weighted by Gasteiger charge is -2.34. The first-order chi connectivity index (χ1) is 12.2. The monoisotopic (exact) mass is 337 g/mol. The van der Waals surface area contributed by atoms with Gasteiger partial charge in [-0.25, -0.2) is 0 Å². The summed E-state index contributed by atoms with van der Waals surface area (Å²) >= 11 is 0. The highest BCUT2D eigenvalue weighted by atomic mass is 16.2. The van der Waals surface area contributed by atoms with Crippen LogP contribution in [0.1, 0.15) is 16.7 Å². The van der Waals surface area contributed by atoms with Gasteiger partial charge in [0.1, 0.15) is 0 Å². The third-order valence-electron chi connectivity index (χ3n) is 4.70. The molecule has 1 saturated heterocycles. The first kappa shape index (κ1) is 17.6. The van der Waals surface area contributed by atoms with Crippen LogP contribution in [0.15, 0.2) is 54.6 Å². The van der Waals surface area contributed by atoms with Crippen molar-refractivity contribution < 1.29 is 4.79 Å². The maximum absolute atomic E-state index is 12.4. The molecule has 132 valence electrons. The summed E-state index contributed by atoms with van der Waals surface area (Å²) in [5.41, 5.74) is 3.81. The van der Waals surface area contributed by atoms with Crippen molar-refractivity contribution >= 4 is 5.91 Å². The van der Waals surface area contributed by atoms with Gasteiger partial charge in [-0.05, 0) is 18.1 Å². The first-order valence-corrected chi connectivity index (χ1v) is 9.01. The SMILES string of the molecule is Cc1ccc(CNCC(=O)N2CCN(Cc3ccccc3)CC2)cc1. The maximum Gasteiger partial charge on any atom is 0.236 e. The molecule has 4 heteroatoms. The second-order valence-electron chi connectivity index (χ2n) is 6.73. The normalized spacial score (nSPS) is 15.3. The van der Waals surface area contributed by atoms with Crippen molar-refractivity contribution in [2.45, 2.75) is 20.0 Å². The van der Waals surface area contributed by atoms with Crippen LogP contribution in [0.3, 0.4) is 0 Å². The van der Waals surface area contributed by atoms with Gasteiger partial charge in [0.15, 0.2) is 0 Å². The van der Waals surface area contributed by atoms with E-state index in [1.165, 1.54) is 16.7 Å². The smallest absolute Gasteiger partial charge is 0.236 e. The zero-order chi connectivity index (χ0) is 17.5. The van der Waals surface area contributed by atoms with E-state index in [0.717, 1.165) is 39.3 Å². The van der Waals surface area contributed by atoms with Gasteiger partial charge in [-0.2, -0.15) is 0 Å². The molecule has 0 unspecified atom stereocenters. The van der Waals surface area contributed by atoms with Crippen LogP contribution in [0, 0.1) is 6.92 Å². The standard InChI is InChI=1S/C21H27N3O/c1-18-7-9-19(10-8-18)15-22-16-21(25)24-13-11-23(12-14-24)17-20-5-3-2-4-6-20/h2-10,22H,11-17H2,1H3. The molecule has 0 bridgehead atoms. The van der Waals surface area contributed by atoms with Crippen molar-refractivity contribution in [3.05, 3.63) is 71.3 Å². The van der Waals surface area contributed by atoms with Crippen LogP contribution >= 0.6 is 0 Å². The number of piperazine rings is 1. The van der Waals surface area contributed by atoms with Crippen molar-refractivity contribution in [2.75, 3.05) is 32.7 Å². The van der Waals surface area contributed by atoms with Gasteiger partial charge in [0.25, 0.3) is 0 Å². The van der Waals surface area contributed by atoms with Crippen LogP contribution < -0.4 is 5.32 Å². The number of nitrogens with zero attached hydrogens (tertiary/aromatic N) is 2. The van der Waals surface area contributed by atoms with Gasteiger partial charge in [-0.1, -0.05) is 60.2 Å². The highest BCUT2D eigenvalue weighted by molar-refractivity contribution is 5.78. The minimum Gasteiger partial charge on any atom is -0.339 e. The molecule has 4 nitrogen and oxygen atoms in total. The number of rotatable bonds is 6. The lowest BCUT2D eigenvalue weighted by molar-refractivity contribution is -0.132. The van der Waals surface area contributed by atoms with E-state index >= 15 is 0 Å². The summed E-state index contributed by atoms with van der Waals surface area (Å²) in [5.74, 6) is 0.200. The molecule has 3 rings (SSSR count). The molecular weight excluding hydrogens is 310 g/mol. The van der Waals surface area contributed by atoms with E-state index in [1.807, 2.05) is 11.0 Å². The van der Waals surface area contributed by atoms with Crippen molar-refractivity contribution in [1.29, 1.82) is 0 Å². The minimum absolute atomic E-state index is 0.200. The molecule has 0 spiro atoms. The summed E-state index contributed by atoms with van der Waals surface area (Å²) < 4.78 is 0. The van der Waals surface area contributed by atoms with Crippen LogP contribution in [0.2, 0.25) is 0 Å². The zero-order valence-electron chi connectivity index (χ0n) is 14.9. The molecule has 0 aromatic heterocycles. The number of hydrogen-bond donors (Lipinski definition) is 1. The number of aryl methyl sites for hydroxylation is 1. The van der Waals surface area contributed by atoms with Crippen molar-refractivity contribution in [3.8, 4) is 0 Å². The third-order valence-corrected chi connectivity index (χ3v) is 4.70.